The first-order valence-corrected chi connectivity index (χ1v) is 6.35. The van der Waals surface area contributed by atoms with Crippen molar-refractivity contribution in [3.63, 3.8) is 0 Å². The summed E-state index contributed by atoms with van der Waals surface area (Å²) in [4.78, 5) is 0.869. The first kappa shape index (κ1) is 11.8. The minimum absolute atomic E-state index is 0.0666. The minimum Gasteiger partial charge on any atom is -0.398 e. The smallest absolute Gasteiger partial charge is 0.0540 e. The molecule has 3 heteroatoms. The summed E-state index contributed by atoms with van der Waals surface area (Å²) >= 11 is 4.33. The molecular weight excluding hydrogens is 218 g/mol. The second kappa shape index (κ2) is 5.11. The van der Waals surface area contributed by atoms with Gasteiger partial charge in [0.25, 0.3) is 0 Å². The molecule has 1 fully saturated rings. The van der Waals surface area contributed by atoms with Gasteiger partial charge >= 0.3 is 0 Å². The third-order valence-electron chi connectivity index (χ3n) is 3.44. The van der Waals surface area contributed by atoms with E-state index in [1.165, 1.54) is 5.56 Å². The van der Waals surface area contributed by atoms with Crippen molar-refractivity contribution in [3.05, 3.63) is 23.8 Å². The fourth-order valence-corrected chi connectivity index (χ4v) is 2.64. The fourth-order valence-electron chi connectivity index (χ4n) is 2.40. The molecule has 1 aliphatic carbocycles. The summed E-state index contributed by atoms with van der Waals surface area (Å²) in [5, 5.41) is 9.44. The van der Waals surface area contributed by atoms with Crippen molar-refractivity contribution in [1.29, 1.82) is 0 Å². The van der Waals surface area contributed by atoms with Gasteiger partial charge in [-0.3, -0.25) is 0 Å². The number of thiol groups is 1. The first-order chi connectivity index (χ1) is 7.65. The summed E-state index contributed by atoms with van der Waals surface area (Å²) in [6.45, 7) is 0. The van der Waals surface area contributed by atoms with Crippen molar-refractivity contribution < 1.29 is 5.11 Å². The maximum atomic E-state index is 9.44. The van der Waals surface area contributed by atoms with Gasteiger partial charge in [0.15, 0.2) is 0 Å². The SMILES string of the molecule is Nc1ccc(CC2CCC(O)CC2)cc1S. The van der Waals surface area contributed by atoms with Crippen LogP contribution in [0.4, 0.5) is 5.69 Å². The van der Waals surface area contributed by atoms with E-state index < -0.39 is 0 Å². The number of anilines is 1. The molecule has 16 heavy (non-hydrogen) atoms. The van der Waals surface area contributed by atoms with E-state index in [9.17, 15) is 5.11 Å². The van der Waals surface area contributed by atoms with Crippen molar-refractivity contribution in [2.75, 3.05) is 5.73 Å². The molecule has 2 nitrogen and oxygen atoms in total. The molecule has 0 aromatic heterocycles. The van der Waals surface area contributed by atoms with Gasteiger partial charge in [0.2, 0.25) is 0 Å². The zero-order chi connectivity index (χ0) is 11.5. The Labute approximate surface area is 102 Å². The summed E-state index contributed by atoms with van der Waals surface area (Å²) in [6, 6.07) is 6.07. The van der Waals surface area contributed by atoms with Crippen LogP contribution in [0, 0.1) is 5.92 Å². The Morgan fingerprint density at radius 1 is 1.25 bits per heavy atom. The van der Waals surface area contributed by atoms with E-state index >= 15 is 0 Å². The molecule has 88 valence electrons. The van der Waals surface area contributed by atoms with Crippen LogP contribution in [0.25, 0.3) is 0 Å². The largest absolute Gasteiger partial charge is 0.398 e. The molecule has 3 N–H and O–H groups in total. The molecule has 0 bridgehead atoms. The Morgan fingerprint density at radius 3 is 2.56 bits per heavy atom. The van der Waals surface area contributed by atoms with E-state index in [-0.39, 0.29) is 6.10 Å². The van der Waals surface area contributed by atoms with Gasteiger partial charge in [-0.05, 0) is 55.7 Å². The molecule has 1 aromatic rings. The molecule has 1 aromatic carbocycles. The standard InChI is InChI=1S/C13H19NOS/c14-12-6-3-10(8-13(12)16)7-9-1-4-11(15)5-2-9/h3,6,8-9,11,15-16H,1-2,4-5,7,14H2. The van der Waals surface area contributed by atoms with Crippen LogP contribution in [0.3, 0.4) is 0 Å². The Morgan fingerprint density at radius 2 is 1.94 bits per heavy atom. The molecule has 1 aliphatic rings. The van der Waals surface area contributed by atoms with E-state index in [2.05, 4.69) is 24.8 Å². The highest BCUT2D eigenvalue weighted by Crippen LogP contribution is 2.28. The average molecular weight is 237 g/mol. The lowest BCUT2D eigenvalue weighted by Crippen LogP contribution is -2.19. The monoisotopic (exact) mass is 237 g/mol. The van der Waals surface area contributed by atoms with Crippen LogP contribution in [0.2, 0.25) is 0 Å². The summed E-state index contributed by atoms with van der Waals surface area (Å²) in [5.74, 6) is 0.708. The lowest BCUT2D eigenvalue weighted by molar-refractivity contribution is 0.109. The lowest BCUT2D eigenvalue weighted by atomic mass is 9.83. The molecule has 0 atom stereocenters. The fraction of sp³-hybridized carbons (Fsp3) is 0.538. The van der Waals surface area contributed by atoms with E-state index in [1.807, 2.05) is 6.07 Å². The molecule has 0 saturated heterocycles. The molecule has 0 heterocycles. The number of benzene rings is 1. The van der Waals surface area contributed by atoms with E-state index in [4.69, 9.17) is 5.73 Å². The predicted molar refractivity (Wildman–Crippen MR) is 69.8 cm³/mol. The van der Waals surface area contributed by atoms with Crippen LogP contribution in [-0.4, -0.2) is 11.2 Å². The number of hydrogen-bond donors (Lipinski definition) is 3. The average Bonchev–Trinajstić information content (AvgIpc) is 2.27. The maximum absolute atomic E-state index is 9.44. The number of aliphatic hydroxyl groups excluding tert-OH is 1. The van der Waals surface area contributed by atoms with Crippen molar-refractivity contribution in [2.24, 2.45) is 5.92 Å². The van der Waals surface area contributed by atoms with E-state index in [1.54, 1.807) is 0 Å². The number of nitrogen functional groups attached to an aromatic ring is 1. The first-order valence-electron chi connectivity index (χ1n) is 5.90. The zero-order valence-electron chi connectivity index (χ0n) is 9.39. The molecule has 0 radical (unpaired) electrons. The van der Waals surface area contributed by atoms with Gasteiger partial charge in [0.05, 0.1) is 6.10 Å². The summed E-state index contributed by atoms with van der Waals surface area (Å²) in [5.41, 5.74) is 7.78. The zero-order valence-corrected chi connectivity index (χ0v) is 10.3. The number of nitrogens with two attached hydrogens (primary N) is 1. The Hall–Kier alpha value is -0.670. The Bertz CT molecular complexity index is 359. The van der Waals surface area contributed by atoms with Gasteiger partial charge in [-0.2, -0.15) is 0 Å². The van der Waals surface area contributed by atoms with Gasteiger partial charge in [0.1, 0.15) is 0 Å². The Kier molecular flexibility index (Phi) is 3.77. The summed E-state index contributed by atoms with van der Waals surface area (Å²) in [6.07, 6.45) is 5.19. The van der Waals surface area contributed by atoms with Crippen molar-refractivity contribution in [3.8, 4) is 0 Å². The normalized spacial score (nSPS) is 25.6. The number of aliphatic hydroxyl groups is 1. The predicted octanol–water partition coefficient (Wildman–Crippen LogP) is 2.65. The van der Waals surface area contributed by atoms with Crippen LogP contribution in [0.1, 0.15) is 31.2 Å². The lowest BCUT2D eigenvalue weighted by Gasteiger charge is -2.25. The van der Waals surface area contributed by atoms with Gasteiger partial charge in [-0.1, -0.05) is 6.07 Å². The Balaban J connectivity index is 1.96. The van der Waals surface area contributed by atoms with Gasteiger partial charge < -0.3 is 10.8 Å². The van der Waals surface area contributed by atoms with Crippen LogP contribution < -0.4 is 5.73 Å². The van der Waals surface area contributed by atoms with Crippen molar-refractivity contribution in [1.82, 2.24) is 0 Å². The molecule has 0 spiro atoms. The quantitative estimate of drug-likeness (QED) is 0.547. The summed E-state index contributed by atoms with van der Waals surface area (Å²) < 4.78 is 0. The second-order valence-electron chi connectivity index (χ2n) is 4.77. The molecule has 0 unspecified atom stereocenters. The van der Waals surface area contributed by atoms with E-state index in [0.29, 0.717) is 5.92 Å². The van der Waals surface area contributed by atoms with Gasteiger partial charge in [0, 0.05) is 10.6 Å². The molecule has 0 aliphatic heterocycles. The van der Waals surface area contributed by atoms with Gasteiger partial charge in [-0.25, -0.2) is 0 Å². The highest BCUT2D eigenvalue weighted by atomic mass is 32.1. The van der Waals surface area contributed by atoms with Crippen LogP contribution in [0.5, 0.6) is 0 Å². The van der Waals surface area contributed by atoms with Crippen LogP contribution in [-0.2, 0) is 6.42 Å². The highest BCUT2D eigenvalue weighted by molar-refractivity contribution is 7.80. The van der Waals surface area contributed by atoms with Crippen molar-refractivity contribution >= 4 is 18.3 Å². The van der Waals surface area contributed by atoms with Crippen LogP contribution >= 0.6 is 12.6 Å². The molecule has 0 amide bonds. The minimum atomic E-state index is -0.0666. The third kappa shape index (κ3) is 2.92. The second-order valence-corrected chi connectivity index (χ2v) is 5.25. The van der Waals surface area contributed by atoms with Gasteiger partial charge in [-0.15, -0.1) is 12.6 Å². The summed E-state index contributed by atoms with van der Waals surface area (Å²) in [7, 11) is 0. The molecule has 1 saturated carbocycles. The van der Waals surface area contributed by atoms with E-state index in [0.717, 1.165) is 42.7 Å². The highest BCUT2D eigenvalue weighted by Gasteiger charge is 2.19. The van der Waals surface area contributed by atoms with Crippen molar-refractivity contribution in [2.45, 2.75) is 43.1 Å². The molecule has 2 rings (SSSR count). The number of hydrogen-bond acceptors (Lipinski definition) is 3. The topological polar surface area (TPSA) is 46.2 Å². The number of rotatable bonds is 2. The van der Waals surface area contributed by atoms with Crippen LogP contribution in [0.15, 0.2) is 23.1 Å². The molecular formula is C13H19NOS. The maximum Gasteiger partial charge on any atom is 0.0540 e. The third-order valence-corrected chi connectivity index (χ3v) is 3.82.